The number of amides is 3. The van der Waals surface area contributed by atoms with Gasteiger partial charge in [0.2, 0.25) is 11.8 Å². The van der Waals surface area contributed by atoms with E-state index in [1.807, 2.05) is 39.8 Å². The maximum absolute atomic E-state index is 12.2. The van der Waals surface area contributed by atoms with Crippen molar-refractivity contribution in [3.63, 3.8) is 0 Å². The number of aryl methyl sites for hydroxylation is 1. The van der Waals surface area contributed by atoms with Crippen molar-refractivity contribution < 1.29 is 14.4 Å². The van der Waals surface area contributed by atoms with Crippen LogP contribution in [0.5, 0.6) is 0 Å². The van der Waals surface area contributed by atoms with Gasteiger partial charge in [-0.15, -0.1) is 0 Å². The molecule has 0 aromatic heterocycles. The van der Waals surface area contributed by atoms with Gasteiger partial charge in [-0.3, -0.25) is 14.4 Å². The van der Waals surface area contributed by atoms with Crippen molar-refractivity contribution in [2.24, 2.45) is 0 Å². The number of carbonyl (C=O) groups excluding carboxylic acids is 3. The average molecular weight is 333 g/mol. The number of carbonyl (C=O) groups is 3. The molecule has 132 valence electrons. The highest BCUT2D eigenvalue weighted by atomic mass is 16.2. The summed E-state index contributed by atoms with van der Waals surface area (Å²) in [6, 6.07) is 7.18. The predicted molar refractivity (Wildman–Crippen MR) is 93.7 cm³/mol. The van der Waals surface area contributed by atoms with E-state index >= 15 is 0 Å². The third-order valence-electron chi connectivity index (χ3n) is 3.37. The Morgan fingerprint density at radius 2 is 1.75 bits per heavy atom. The number of rotatable bonds is 6. The van der Waals surface area contributed by atoms with Crippen molar-refractivity contribution in [2.75, 3.05) is 19.6 Å². The third kappa shape index (κ3) is 6.40. The summed E-state index contributed by atoms with van der Waals surface area (Å²) in [5.74, 6) is -0.803. The lowest BCUT2D eigenvalue weighted by molar-refractivity contribution is -0.135. The summed E-state index contributed by atoms with van der Waals surface area (Å²) in [5.41, 5.74) is 1.04. The summed E-state index contributed by atoms with van der Waals surface area (Å²) < 4.78 is 0. The van der Waals surface area contributed by atoms with Crippen LogP contribution in [0.3, 0.4) is 0 Å². The summed E-state index contributed by atoms with van der Waals surface area (Å²) in [7, 11) is 0. The quantitative estimate of drug-likeness (QED) is 0.828. The van der Waals surface area contributed by atoms with Crippen LogP contribution in [-0.4, -0.2) is 47.8 Å². The monoisotopic (exact) mass is 333 g/mol. The molecule has 6 heteroatoms. The molecule has 0 saturated heterocycles. The highest BCUT2D eigenvalue weighted by Gasteiger charge is 2.20. The normalized spacial score (nSPS) is 10.9. The molecule has 24 heavy (non-hydrogen) atoms. The van der Waals surface area contributed by atoms with Crippen molar-refractivity contribution in [3.05, 3.63) is 35.4 Å². The maximum atomic E-state index is 12.2. The van der Waals surface area contributed by atoms with Gasteiger partial charge in [-0.2, -0.15) is 0 Å². The zero-order chi connectivity index (χ0) is 18.3. The zero-order valence-electron chi connectivity index (χ0n) is 15.1. The molecule has 0 saturated carbocycles. The van der Waals surface area contributed by atoms with Crippen LogP contribution in [0.4, 0.5) is 0 Å². The Kier molecular flexibility index (Phi) is 6.95. The van der Waals surface area contributed by atoms with Gasteiger partial charge in [0.25, 0.3) is 5.91 Å². The van der Waals surface area contributed by atoms with Gasteiger partial charge in [0.05, 0.1) is 13.1 Å². The first-order valence-corrected chi connectivity index (χ1v) is 8.06. The van der Waals surface area contributed by atoms with Crippen LogP contribution in [0.25, 0.3) is 0 Å². The van der Waals surface area contributed by atoms with Gasteiger partial charge in [-0.25, -0.2) is 0 Å². The summed E-state index contributed by atoms with van der Waals surface area (Å²) in [5, 5.41) is 5.43. The number of likely N-dealkylation sites (N-methyl/N-ethyl adjacent to an activating group) is 1. The molecule has 2 N–H and O–H groups in total. The Hall–Kier alpha value is -2.37. The van der Waals surface area contributed by atoms with Gasteiger partial charge in [-0.05, 0) is 46.2 Å². The molecule has 1 rings (SSSR count). The Labute approximate surface area is 143 Å². The third-order valence-corrected chi connectivity index (χ3v) is 3.37. The lowest BCUT2D eigenvalue weighted by Gasteiger charge is -2.25. The highest BCUT2D eigenvalue weighted by molar-refractivity contribution is 5.98. The van der Waals surface area contributed by atoms with Gasteiger partial charge < -0.3 is 15.5 Å². The van der Waals surface area contributed by atoms with E-state index in [-0.39, 0.29) is 36.3 Å². The molecular weight excluding hydrogens is 306 g/mol. The van der Waals surface area contributed by atoms with Crippen LogP contribution in [0.1, 0.15) is 43.6 Å². The van der Waals surface area contributed by atoms with Crippen LogP contribution in [-0.2, 0) is 9.59 Å². The van der Waals surface area contributed by atoms with Crippen molar-refractivity contribution >= 4 is 17.7 Å². The molecule has 0 aliphatic rings. The van der Waals surface area contributed by atoms with E-state index in [1.165, 1.54) is 4.90 Å². The van der Waals surface area contributed by atoms with Crippen molar-refractivity contribution in [1.82, 2.24) is 15.5 Å². The molecule has 0 atom stereocenters. The molecule has 0 aliphatic heterocycles. The van der Waals surface area contributed by atoms with Crippen molar-refractivity contribution in [3.8, 4) is 0 Å². The van der Waals surface area contributed by atoms with Crippen molar-refractivity contribution in [1.29, 1.82) is 0 Å². The molecular formula is C18H27N3O3. The first-order chi connectivity index (χ1) is 11.1. The van der Waals surface area contributed by atoms with E-state index < -0.39 is 0 Å². The SMILES string of the molecule is CCN(CC(=O)NC(C)(C)C)C(=O)CNC(=O)c1ccccc1C. The standard InChI is InChI=1S/C18H27N3O3/c1-6-21(12-15(22)20-18(3,4)5)16(23)11-19-17(24)14-10-8-7-9-13(14)2/h7-10H,6,11-12H2,1-5H3,(H,19,24)(H,20,22). The van der Waals surface area contributed by atoms with Gasteiger partial charge in [-0.1, -0.05) is 18.2 Å². The van der Waals surface area contributed by atoms with Crippen LogP contribution in [0.2, 0.25) is 0 Å². The lowest BCUT2D eigenvalue weighted by Crippen LogP contribution is -2.49. The van der Waals surface area contributed by atoms with Crippen LogP contribution < -0.4 is 10.6 Å². The molecule has 1 aromatic carbocycles. The topological polar surface area (TPSA) is 78.5 Å². The van der Waals surface area contributed by atoms with Crippen molar-refractivity contribution in [2.45, 2.75) is 40.2 Å². The number of nitrogens with one attached hydrogen (secondary N) is 2. The largest absolute Gasteiger partial charge is 0.350 e. The molecule has 0 aliphatic carbocycles. The summed E-state index contributed by atoms with van der Waals surface area (Å²) >= 11 is 0. The van der Waals surface area contributed by atoms with E-state index in [0.29, 0.717) is 12.1 Å². The minimum Gasteiger partial charge on any atom is -0.350 e. The van der Waals surface area contributed by atoms with Gasteiger partial charge in [0.1, 0.15) is 0 Å². The van der Waals surface area contributed by atoms with Gasteiger partial charge in [0, 0.05) is 17.6 Å². The van der Waals surface area contributed by atoms with Gasteiger partial charge >= 0.3 is 0 Å². The van der Waals surface area contributed by atoms with Crippen LogP contribution >= 0.6 is 0 Å². The average Bonchev–Trinajstić information content (AvgIpc) is 2.48. The summed E-state index contributed by atoms with van der Waals surface area (Å²) in [4.78, 5) is 37.7. The fourth-order valence-corrected chi connectivity index (χ4v) is 2.20. The van der Waals surface area contributed by atoms with E-state index in [9.17, 15) is 14.4 Å². The zero-order valence-corrected chi connectivity index (χ0v) is 15.1. The van der Waals surface area contributed by atoms with E-state index in [1.54, 1.807) is 19.1 Å². The number of hydrogen-bond donors (Lipinski definition) is 2. The van der Waals surface area contributed by atoms with Crippen LogP contribution in [0.15, 0.2) is 24.3 Å². The minimum atomic E-state index is -0.349. The predicted octanol–water partition coefficient (Wildman–Crippen LogP) is 1.49. The molecule has 0 fully saturated rings. The Bertz CT molecular complexity index is 606. The molecule has 0 unspecified atom stereocenters. The maximum Gasteiger partial charge on any atom is 0.251 e. The Balaban J connectivity index is 2.57. The number of benzene rings is 1. The molecule has 0 bridgehead atoms. The van der Waals surface area contributed by atoms with E-state index in [4.69, 9.17) is 0 Å². The summed E-state index contributed by atoms with van der Waals surface area (Å²) in [6.07, 6.45) is 0. The minimum absolute atomic E-state index is 0.0210. The Morgan fingerprint density at radius 3 is 2.29 bits per heavy atom. The molecule has 0 radical (unpaired) electrons. The fraction of sp³-hybridized carbons (Fsp3) is 0.500. The van der Waals surface area contributed by atoms with E-state index in [2.05, 4.69) is 10.6 Å². The molecule has 0 heterocycles. The first-order valence-electron chi connectivity index (χ1n) is 8.06. The molecule has 6 nitrogen and oxygen atoms in total. The highest BCUT2D eigenvalue weighted by Crippen LogP contribution is 2.06. The molecule has 0 spiro atoms. The lowest BCUT2D eigenvalue weighted by atomic mass is 10.1. The smallest absolute Gasteiger partial charge is 0.251 e. The summed E-state index contributed by atoms with van der Waals surface area (Å²) in [6.45, 7) is 9.52. The number of hydrogen-bond acceptors (Lipinski definition) is 3. The second kappa shape index (κ2) is 8.47. The Morgan fingerprint density at radius 1 is 1.12 bits per heavy atom. The first kappa shape index (κ1) is 19.7. The van der Waals surface area contributed by atoms with Crippen LogP contribution in [0, 0.1) is 6.92 Å². The molecule has 1 aromatic rings. The second-order valence-corrected chi connectivity index (χ2v) is 6.70. The molecule has 3 amide bonds. The second-order valence-electron chi connectivity index (χ2n) is 6.70. The number of nitrogens with zero attached hydrogens (tertiary/aromatic N) is 1. The van der Waals surface area contributed by atoms with E-state index in [0.717, 1.165) is 5.56 Å². The fourth-order valence-electron chi connectivity index (χ4n) is 2.20. The van der Waals surface area contributed by atoms with Gasteiger partial charge in [0.15, 0.2) is 0 Å².